The van der Waals surface area contributed by atoms with Crippen molar-refractivity contribution < 1.29 is 14.6 Å². The van der Waals surface area contributed by atoms with Crippen LogP contribution in [0.15, 0.2) is 16.6 Å². The number of carbonyl (C=O) groups is 1. The van der Waals surface area contributed by atoms with Crippen LogP contribution in [0, 0.1) is 5.92 Å². The van der Waals surface area contributed by atoms with Crippen molar-refractivity contribution in [3.63, 3.8) is 0 Å². The Bertz CT molecular complexity index is 447. The van der Waals surface area contributed by atoms with Gasteiger partial charge in [0.05, 0.1) is 22.7 Å². The molecular weight excluding hydrogens is 309 g/mol. The maximum absolute atomic E-state index is 11.8. The Morgan fingerprint density at radius 1 is 1.59 bits per heavy atom. The Labute approximate surface area is 112 Å². The molecule has 2 rings (SSSR count). The lowest BCUT2D eigenvalue weighted by atomic mass is 10.1. The molecule has 0 aliphatic carbocycles. The zero-order valence-corrected chi connectivity index (χ0v) is 11.2. The fourth-order valence-electron chi connectivity index (χ4n) is 1.64. The largest absolute Gasteiger partial charge is 0.505 e. The predicted octanol–water partition coefficient (Wildman–Crippen LogP) is 2.78. The molecule has 1 atom stereocenters. The van der Waals surface area contributed by atoms with E-state index in [1.165, 1.54) is 6.07 Å². The quantitative estimate of drug-likeness (QED) is 0.824. The van der Waals surface area contributed by atoms with E-state index >= 15 is 0 Å². The second-order valence-corrected chi connectivity index (χ2v) is 5.12. The number of amides is 1. The van der Waals surface area contributed by atoms with Crippen molar-refractivity contribution in [3.05, 3.63) is 21.6 Å². The summed E-state index contributed by atoms with van der Waals surface area (Å²) >= 11 is 9.01. The molecule has 1 aliphatic rings. The van der Waals surface area contributed by atoms with Gasteiger partial charge in [-0.3, -0.25) is 4.79 Å². The molecule has 1 aromatic carbocycles. The molecule has 92 valence electrons. The third-order valence-electron chi connectivity index (χ3n) is 2.59. The number of phenolic OH excluding ortho intramolecular Hbond substituents is 1. The SMILES string of the molecule is O=C(Nc1cc(Cl)cc(Br)c1O)C1CCOC1. The highest BCUT2D eigenvalue weighted by Crippen LogP contribution is 2.35. The topological polar surface area (TPSA) is 58.6 Å². The number of nitrogens with one attached hydrogen (secondary N) is 1. The molecule has 17 heavy (non-hydrogen) atoms. The Kier molecular flexibility index (Phi) is 3.91. The standard InChI is InChI=1S/C11H11BrClNO3/c12-8-3-7(13)4-9(10(8)15)14-11(16)6-1-2-17-5-6/h3-4,6,15H,1-2,5H2,(H,14,16). The first-order valence-corrected chi connectivity index (χ1v) is 6.31. The van der Waals surface area contributed by atoms with Crippen molar-refractivity contribution in [3.8, 4) is 5.75 Å². The van der Waals surface area contributed by atoms with E-state index in [1.54, 1.807) is 6.07 Å². The summed E-state index contributed by atoms with van der Waals surface area (Å²) in [6.45, 7) is 1.03. The lowest BCUT2D eigenvalue weighted by Gasteiger charge is -2.12. The van der Waals surface area contributed by atoms with Crippen LogP contribution in [0.1, 0.15) is 6.42 Å². The van der Waals surface area contributed by atoms with Gasteiger partial charge in [0, 0.05) is 11.6 Å². The molecule has 1 aliphatic heterocycles. The van der Waals surface area contributed by atoms with Crippen LogP contribution in [-0.2, 0) is 9.53 Å². The van der Waals surface area contributed by atoms with Crippen LogP contribution in [0.3, 0.4) is 0 Å². The minimum atomic E-state index is -0.160. The molecule has 1 aromatic rings. The third-order valence-corrected chi connectivity index (χ3v) is 3.41. The molecule has 4 nitrogen and oxygen atoms in total. The van der Waals surface area contributed by atoms with Crippen LogP contribution in [0.25, 0.3) is 0 Å². The number of phenols is 1. The van der Waals surface area contributed by atoms with E-state index in [0.717, 1.165) is 0 Å². The van der Waals surface area contributed by atoms with E-state index in [-0.39, 0.29) is 17.6 Å². The fourth-order valence-corrected chi connectivity index (χ4v) is 2.45. The molecule has 1 saturated heterocycles. The number of rotatable bonds is 2. The normalized spacial score (nSPS) is 19.3. The second-order valence-electron chi connectivity index (χ2n) is 3.83. The van der Waals surface area contributed by atoms with Gasteiger partial charge in [0.15, 0.2) is 5.75 Å². The van der Waals surface area contributed by atoms with Gasteiger partial charge in [-0.1, -0.05) is 11.6 Å². The summed E-state index contributed by atoms with van der Waals surface area (Å²) in [5, 5.41) is 12.9. The van der Waals surface area contributed by atoms with Crippen molar-refractivity contribution in [2.45, 2.75) is 6.42 Å². The number of ether oxygens (including phenoxy) is 1. The molecular formula is C11H11BrClNO3. The molecule has 0 aromatic heterocycles. The average Bonchev–Trinajstić information content (AvgIpc) is 2.78. The van der Waals surface area contributed by atoms with E-state index in [0.29, 0.717) is 34.8 Å². The molecule has 0 bridgehead atoms. The summed E-state index contributed by atoms with van der Waals surface area (Å²) in [4.78, 5) is 11.8. The van der Waals surface area contributed by atoms with Gasteiger partial charge >= 0.3 is 0 Å². The first kappa shape index (κ1) is 12.7. The maximum Gasteiger partial charge on any atom is 0.230 e. The number of hydrogen-bond donors (Lipinski definition) is 2. The summed E-state index contributed by atoms with van der Waals surface area (Å²) in [6, 6.07) is 3.07. The first-order chi connectivity index (χ1) is 8.08. The molecule has 0 radical (unpaired) electrons. The van der Waals surface area contributed by atoms with Crippen LogP contribution in [0.4, 0.5) is 5.69 Å². The average molecular weight is 321 g/mol. The van der Waals surface area contributed by atoms with Crippen LogP contribution in [-0.4, -0.2) is 24.2 Å². The lowest BCUT2D eigenvalue weighted by Crippen LogP contribution is -2.22. The molecule has 0 spiro atoms. The fraction of sp³-hybridized carbons (Fsp3) is 0.364. The van der Waals surface area contributed by atoms with E-state index in [9.17, 15) is 9.90 Å². The van der Waals surface area contributed by atoms with E-state index in [4.69, 9.17) is 16.3 Å². The minimum absolute atomic E-state index is 0.0262. The lowest BCUT2D eigenvalue weighted by molar-refractivity contribution is -0.119. The highest BCUT2D eigenvalue weighted by Gasteiger charge is 2.24. The smallest absolute Gasteiger partial charge is 0.230 e. The molecule has 6 heteroatoms. The number of halogens is 2. The number of benzene rings is 1. The minimum Gasteiger partial charge on any atom is -0.505 e. The summed E-state index contributed by atoms with van der Waals surface area (Å²) < 4.78 is 5.58. The first-order valence-electron chi connectivity index (χ1n) is 5.14. The Morgan fingerprint density at radius 2 is 2.35 bits per heavy atom. The predicted molar refractivity (Wildman–Crippen MR) is 68.4 cm³/mol. The third kappa shape index (κ3) is 2.91. The molecule has 2 N–H and O–H groups in total. The highest BCUT2D eigenvalue weighted by atomic mass is 79.9. The summed E-state index contributed by atoms with van der Waals surface area (Å²) in [5.74, 6) is -0.346. The Morgan fingerprint density at radius 3 is 3.00 bits per heavy atom. The summed E-state index contributed by atoms with van der Waals surface area (Å²) in [6.07, 6.45) is 0.703. The van der Waals surface area contributed by atoms with E-state index < -0.39 is 0 Å². The number of anilines is 1. The zero-order chi connectivity index (χ0) is 12.4. The van der Waals surface area contributed by atoms with Gasteiger partial charge < -0.3 is 15.2 Å². The summed E-state index contributed by atoms with van der Waals surface area (Å²) in [5.41, 5.74) is 0.307. The van der Waals surface area contributed by atoms with Gasteiger partial charge in [-0.05, 0) is 34.5 Å². The molecule has 1 amide bonds. The van der Waals surface area contributed by atoms with Gasteiger partial charge in [0.2, 0.25) is 5.91 Å². The van der Waals surface area contributed by atoms with E-state index in [2.05, 4.69) is 21.2 Å². The summed E-state index contributed by atoms with van der Waals surface area (Å²) in [7, 11) is 0. The Balaban J connectivity index is 2.15. The van der Waals surface area contributed by atoms with Gasteiger partial charge in [0.25, 0.3) is 0 Å². The van der Waals surface area contributed by atoms with Gasteiger partial charge in [-0.2, -0.15) is 0 Å². The molecule has 0 saturated carbocycles. The van der Waals surface area contributed by atoms with Gasteiger partial charge in [-0.15, -0.1) is 0 Å². The highest BCUT2D eigenvalue weighted by molar-refractivity contribution is 9.10. The van der Waals surface area contributed by atoms with Crippen LogP contribution in [0.5, 0.6) is 5.75 Å². The number of aromatic hydroxyl groups is 1. The molecule has 1 heterocycles. The van der Waals surface area contributed by atoms with Crippen LogP contribution < -0.4 is 5.32 Å². The molecule has 1 unspecified atom stereocenters. The van der Waals surface area contributed by atoms with Crippen LogP contribution in [0.2, 0.25) is 5.02 Å². The van der Waals surface area contributed by atoms with Gasteiger partial charge in [0.1, 0.15) is 0 Å². The second kappa shape index (κ2) is 5.25. The van der Waals surface area contributed by atoms with Crippen LogP contribution >= 0.6 is 27.5 Å². The van der Waals surface area contributed by atoms with Crippen molar-refractivity contribution in [2.75, 3.05) is 18.5 Å². The maximum atomic E-state index is 11.8. The Hall–Kier alpha value is -0.780. The monoisotopic (exact) mass is 319 g/mol. The van der Waals surface area contributed by atoms with Crippen molar-refractivity contribution in [1.29, 1.82) is 0 Å². The van der Waals surface area contributed by atoms with Crippen molar-refractivity contribution in [1.82, 2.24) is 0 Å². The number of carbonyl (C=O) groups excluding carboxylic acids is 1. The molecule has 1 fully saturated rings. The van der Waals surface area contributed by atoms with Crippen molar-refractivity contribution in [2.24, 2.45) is 5.92 Å². The van der Waals surface area contributed by atoms with E-state index in [1.807, 2.05) is 0 Å². The van der Waals surface area contributed by atoms with Crippen molar-refractivity contribution >= 4 is 39.1 Å². The zero-order valence-electron chi connectivity index (χ0n) is 8.87. The number of hydrogen-bond acceptors (Lipinski definition) is 3. The van der Waals surface area contributed by atoms with Gasteiger partial charge in [-0.25, -0.2) is 0 Å².